The molecule has 0 aromatic heterocycles. The largest absolute Gasteiger partial charge is 0.496 e. The van der Waals surface area contributed by atoms with Crippen LogP contribution in [0.2, 0.25) is 0 Å². The van der Waals surface area contributed by atoms with Gasteiger partial charge >= 0.3 is 5.97 Å². The molecule has 0 amide bonds. The van der Waals surface area contributed by atoms with Gasteiger partial charge in [0.15, 0.2) is 0 Å². The maximum Gasteiger partial charge on any atom is 0.342 e. The van der Waals surface area contributed by atoms with Crippen molar-refractivity contribution in [3.05, 3.63) is 65.7 Å². The first-order valence-corrected chi connectivity index (χ1v) is 6.86. The number of para-hydroxylation sites is 1. The van der Waals surface area contributed by atoms with Gasteiger partial charge in [0.25, 0.3) is 0 Å². The third-order valence-electron chi connectivity index (χ3n) is 3.05. The molecule has 0 aliphatic carbocycles. The van der Waals surface area contributed by atoms with Crippen LogP contribution in [0.4, 0.5) is 0 Å². The lowest BCUT2D eigenvalue weighted by Gasteiger charge is -2.09. The maximum absolute atomic E-state index is 11.9. The molecule has 0 N–H and O–H groups in total. The number of benzene rings is 2. The second-order valence-corrected chi connectivity index (χ2v) is 4.44. The van der Waals surface area contributed by atoms with Crippen LogP contribution in [-0.4, -0.2) is 26.8 Å². The van der Waals surface area contributed by atoms with Crippen LogP contribution in [0.1, 0.15) is 15.9 Å². The van der Waals surface area contributed by atoms with E-state index >= 15 is 0 Å². The van der Waals surface area contributed by atoms with E-state index in [4.69, 9.17) is 14.2 Å². The van der Waals surface area contributed by atoms with Crippen molar-refractivity contribution in [1.82, 2.24) is 0 Å². The number of carbonyl (C=O) groups is 1. The van der Waals surface area contributed by atoms with E-state index in [1.165, 1.54) is 14.2 Å². The standard InChI is InChI=1S/C18H18O4/c1-20-16-12-6-8-14(17(16)18(19)21-2)9-7-13-22-15-10-4-3-5-11-15/h3-12H,13H2,1-2H3. The van der Waals surface area contributed by atoms with Gasteiger partial charge in [0.1, 0.15) is 23.7 Å². The van der Waals surface area contributed by atoms with E-state index in [9.17, 15) is 4.79 Å². The number of esters is 1. The van der Waals surface area contributed by atoms with Crippen molar-refractivity contribution in [3.63, 3.8) is 0 Å². The number of methoxy groups -OCH3 is 2. The Morgan fingerprint density at radius 2 is 1.82 bits per heavy atom. The van der Waals surface area contributed by atoms with E-state index in [-0.39, 0.29) is 0 Å². The molecule has 0 atom stereocenters. The second-order valence-electron chi connectivity index (χ2n) is 4.44. The minimum atomic E-state index is -0.430. The first kappa shape index (κ1) is 15.6. The van der Waals surface area contributed by atoms with Crippen LogP contribution >= 0.6 is 0 Å². The van der Waals surface area contributed by atoms with Crippen molar-refractivity contribution in [2.45, 2.75) is 0 Å². The molecule has 0 bridgehead atoms. The third kappa shape index (κ3) is 3.88. The highest BCUT2D eigenvalue weighted by Crippen LogP contribution is 2.24. The quantitative estimate of drug-likeness (QED) is 0.765. The van der Waals surface area contributed by atoms with Crippen molar-refractivity contribution < 1.29 is 19.0 Å². The lowest BCUT2D eigenvalue weighted by Crippen LogP contribution is -2.06. The fraction of sp³-hybridized carbons (Fsp3) is 0.167. The first-order valence-electron chi connectivity index (χ1n) is 6.86. The average Bonchev–Trinajstić information content (AvgIpc) is 2.58. The summed E-state index contributed by atoms with van der Waals surface area (Å²) in [5.74, 6) is 0.852. The Labute approximate surface area is 129 Å². The molecule has 0 radical (unpaired) electrons. The molecule has 0 heterocycles. The molecule has 0 unspecified atom stereocenters. The predicted molar refractivity (Wildman–Crippen MR) is 85.3 cm³/mol. The Balaban J connectivity index is 2.11. The first-order chi connectivity index (χ1) is 10.8. The van der Waals surface area contributed by atoms with Gasteiger partial charge in [-0.15, -0.1) is 0 Å². The van der Waals surface area contributed by atoms with Gasteiger partial charge in [-0.3, -0.25) is 0 Å². The lowest BCUT2D eigenvalue weighted by molar-refractivity contribution is 0.0597. The van der Waals surface area contributed by atoms with Crippen LogP contribution in [0.3, 0.4) is 0 Å². The number of hydrogen-bond donors (Lipinski definition) is 0. The summed E-state index contributed by atoms with van der Waals surface area (Å²) in [4.78, 5) is 11.9. The summed E-state index contributed by atoms with van der Waals surface area (Å²) in [6, 6.07) is 14.9. The molecule has 22 heavy (non-hydrogen) atoms. The monoisotopic (exact) mass is 298 g/mol. The fourth-order valence-corrected chi connectivity index (χ4v) is 2.01. The highest BCUT2D eigenvalue weighted by atomic mass is 16.5. The summed E-state index contributed by atoms with van der Waals surface area (Å²) in [7, 11) is 2.87. The molecule has 0 aliphatic heterocycles. The van der Waals surface area contributed by atoms with Crippen molar-refractivity contribution >= 4 is 12.0 Å². The van der Waals surface area contributed by atoms with Gasteiger partial charge in [-0.05, 0) is 29.8 Å². The lowest BCUT2D eigenvalue weighted by atomic mass is 10.1. The molecule has 2 aromatic carbocycles. The van der Waals surface area contributed by atoms with Crippen molar-refractivity contribution in [1.29, 1.82) is 0 Å². The van der Waals surface area contributed by atoms with Crippen LogP contribution < -0.4 is 9.47 Å². The van der Waals surface area contributed by atoms with Crippen molar-refractivity contribution in [2.24, 2.45) is 0 Å². The van der Waals surface area contributed by atoms with E-state index < -0.39 is 5.97 Å². The topological polar surface area (TPSA) is 44.8 Å². The molecule has 0 spiro atoms. The van der Waals surface area contributed by atoms with Gasteiger partial charge in [-0.1, -0.05) is 36.4 Å². The third-order valence-corrected chi connectivity index (χ3v) is 3.05. The van der Waals surface area contributed by atoms with Gasteiger partial charge in [-0.2, -0.15) is 0 Å². The van der Waals surface area contributed by atoms with Crippen LogP contribution in [0, 0.1) is 0 Å². The Hall–Kier alpha value is -2.75. The van der Waals surface area contributed by atoms with Gasteiger partial charge in [-0.25, -0.2) is 4.79 Å². The van der Waals surface area contributed by atoms with Gasteiger partial charge < -0.3 is 14.2 Å². The number of ether oxygens (including phenoxy) is 3. The van der Waals surface area contributed by atoms with Crippen LogP contribution in [0.5, 0.6) is 11.5 Å². The Kier molecular flexibility index (Phi) is 5.60. The molecule has 114 valence electrons. The normalized spacial score (nSPS) is 10.5. The van der Waals surface area contributed by atoms with Crippen LogP contribution in [0.15, 0.2) is 54.6 Å². The molecular formula is C18H18O4. The van der Waals surface area contributed by atoms with E-state index in [0.29, 0.717) is 17.9 Å². The maximum atomic E-state index is 11.9. The smallest absolute Gasteiger partial charge is 0.342 e. The summed E-state index contributed by atoms with van der Waals surface area (Å²) in [5.41, 5.74) is 1.13. The molecular weight excluding hydrogens is 280 g/mol. The van der Waals surface area contributed by atoms with Crippen LogP contribution in [0.25, 0.3) is 6.08 Å². The second kappa shape index (κ2) is 7.88. The minimum Gasteiger partial charge on any atom is -0.496 e. The molecule has 2 rings (SSSR count). The van der Waals surface area contributed by atoms with E-state index in [2.05, 4.69) is 0 Å². The van der Waals surface area contributed by atoms with E-state index in [1.807, 2.05) is 54.6 Å². The molecule has 0 saturated heterocycles. The summed E-state index contributed by atoms with van der Waals surface area (Å²) < 4.78 is 15.6. The molecule has 4 nitrogen and oxygen atoms in total. The van der Waals surface area contributed by atoms with Gasteiger partial charge in [0.05, 0.1) is 14.2 Å². The SMILES string of the molecule is COC(=O)c1c(C=CCOc2ccccc2)cccc1OC. The summed E-state index contributed by atoms with van der Waals surface area (Å²) >= 11 is 0. The van der Waals surface area contributed by atoms with Gasteiger partial charge in [0.2, 0.25) is 0 Å². The Morgan fingerprint density at radius 3 is 2.50 bits per heavy atom. The number of carbonyl (C=O) groups excluding carboxylic acids is 1. The Morgan fingerprint density at radius 1 is 1.05 bits per heavy atom. The van der Waals surface area contributed by atoms with Crippen LogP contribution in [-0.2, 0) is 4.74 Å². The van der Waals surface area contributed by atoms with E-state index in [0.717, 1.165) is 11.3 Å². The zero-order chi connectivity index (χ0) is 15.8. The molecule has 4 heteroatoms. The molecule has 2 aromatic rings. The highest BCUT2D eigenvalue weighted by Gasteiger charge is 2.15. The molecule has 0 saturated carbocycles. The van der Waals surface area contributed by atoms with E-state index in [1.54, 1.807) is 6.07 Å². The summed E-state index contributed by atoms with van der Waals surface area (Å²) in [6.07, 6.45) is 3.66. The molecule has 0 fully saturated rings. The summed E-state index contributed by atoms with van der Waals surface area (Å²) in [5, 5.41) is 0. The molecule has 0 aliphatic rings. The van der Waals surface area contributed by atoms with Crippen molar-refractivity contribution in [3.8, 4) is 11.5 Å². The predicted octanol–water partition coefficient (Wildman–Crippen LogP) is 3.57. The number of rotatable bonds is 6. The van der Waals surface area contributed by atoms with Crippen molar-refractivity contribution in [2.75, 3.05) is 20.8 Å². The minimum absolute atomic E-state index is 0.405. The fourth-order valence-electron chi connectivity index (χ4n) is 2.01. The summed E-state index contributed by atoms with van der Waals surface area (Å²) in [6.45, 7) is 0.405. The highest BCUT2D eigenvalue weighted by molar-refractivity contribution is 5.96. The average molecular weight is 298 g/mol. The zero-order valence-corrected chi connectivity index (χ0v) is 12.6. The zero-order valence-electron chi connectivity index (χ0n) is 12.6. The Bertz CT molecular complexity index is 647. The van der Waals surface area contributed by atoms with Gasteiger partial charge in [0, 0.05) is 0 Å². The number of hydrogen-bond acceptors (Lipinski definition) is 4.